The summed E-state index contributed by atoms with van der Waals surface area (Å²) in [6.07, 6.45) is 0. The molecule has 0 heterocycles. The quantitative estimate of drug-likeness (QED) is 0.549. The molecule has 1 aromatic carbocycles. The first-order valence-electron chi connectivity index (χ1n) is 3.32. The molecule has 2 nitrogen and oxygen atoms in total. The third-order valence-electron chi connectivity index (χ3n) is 1.33. The highest BCUT2D eigenvalue weighted by Gasteiger charge is 1.89. The second-order valence-corrected chi connectivity index (χ2v) is 2.09. The summed E-state index contributed by atoms with van der Waals surface area (Å²) in [5, 5.41) is 0. The van der Waals surface area contributed by atoms with Gasteiger partial charge in [-0.1, -0.05) is 30.3 Å². The van der Waals surface area contributed by atoms with Crippen LogP contribution in [0.1, 0.15) is 5.56 Å². The molecule has 3 heteroatoms. The summed E-state index contributed by atoms with van der Waals surface area (Å²) in [6.45, 7) is 0.886. The molecule has 0 aromatic heterocycles. The lowest BCUT2D eigenvalue weighted by Gasteiger charge is -1.95. The van der Waals surface area contributed by atoms with Crippen LogP contribution in [0.4, 0.5) is 0 Å². The Morgan fingerprint density at radius 3 is 2.45 bits per heavy atom. The molecular formula is C8H12BrNO. The molecule has 0 aliphatic rings. The van der Waals surface area contributed by atoms with Crippen LogP contribution in [-0.2, 0) is 11.4 Å². The van der Waals surface area contributed by atoms with Gasteiger partial charge in [0.25, 0.3) is 0 Å². The van der Waals surface area contributed by atoms with Crippen molar-refractivity contribution < 1.29 is 27.3 Å². The average Bonchev–Trinajstić information content (AvgIpc) is 2.03. The fourth-order valence-corrected chi connectivity index (χ4v) is 0.794. The van der Waals surface area contributed by atoms with Crippen molar-refractivity contribution in [1.82, 2.24) is 0 Å². The molecular weight excluding hydrogens is 206 g/mol. The van der Waals surface area contributed by atoms with Crippen LogP contribution in [0.25, 0.3) is 0 Å². The lowest BCUT2D eigenvalue weighted by molar-refractivity contribution is -0.901. The van der Waals surface area contributed by atoms with Crippen LogP contribution in [0.3, 0.4) is 0 Å². The molecule has 1 aromatic rings. The molecule has 0 atom stereocenters. The summed E-state index contributed by atoms with van der Waals surface area (Å²) >= 11 is 0. The van der Waals surface area contributed by atoms with Gasteiger partial charge in [-0.2, -0.15) is 5.48 Å². The number of hydrogen-bond donors (Lipinski definition) is 1. The number of nitrogens with two attached hydrogens (primary N) is 1. The first-order valence-corrected chi connectivity index (χ1v) is 3.32. The Kier molecular flexibility index (Phi) is 6.12. The zero-order valence-electron chi connectivity index (χ0n) is 6.46. The number of quaternary nitrogens is 1. The summed E-state index contributed by atoms with van der Waals surface area (Å²) in [4.78, 5) is 4.82. The van der Waals surface area contributed by atoms with E-state index in [-0.39, 0.29) is 17.0 Å². The second kappa shape index (κ2) is 6.34. The highest BCUT2D eigenvalue weighted by Crippen LogP contribution is 1.93. The van der Waals surface area contributed by atoms with E-state index >= 15 is 0 Å². The highest BCUT2D eigenvalue weighted by atomic mass is 79.9. The number of benzene rings is 1. The Labute approximate surface area is 77.3 Å². The number of rotatable bonds is 3. The van der Waals surface area contributed by atoms with E-state index in [1.165, 1.54) is 5.56 Å². The van der Waals surface area contributed by atoms with Crippen molar-refractivity contribution in [1.29, 1.82) is 0 Å². The zero-order chi connectivity index (χ0) is 7.23. The fourth-order valence-electron chi connectivity index (χ4n) is 0.794. The molecule has 0 aliphatic carbocycles. The number of halogens is 1. The topological polar surface area (TPSA) is 25.8 Å². The Morgan fingerprint density at radius 1 is 1.27 bits per heavy atom. The third-order valence-corrected chi connectivity index (χ3v) is 1.33. The molecule has 0 bridgehead atoms. The van der Waals surface area contributed by atoms with E-state index in [1.807, 2.05) is 18.2 Å². The van der Waals surface area contributed by atoms with E-state index in [0.29, 0.717) is 0 Å². The Morgan fingerprint density at radius 2 is 1.91 bits per heavy atom. The van der Waals surface area contributed by atoms with Crippen molar-refractivity contribution >= 4 is 0 Å². The first-order chi connectivity index (χ1) is 4.93. The maximum absolute atomic E-state index is 4.82. The molecule has 0 aliphatic heterocycles. The van der Waals surface area contributed by atoms with E-state index < -0.39 is 0 Å². The van der Waals surface area contributed by atoms with Gasteiger partial charge in [0.05, 0.1) is 7.11 Å². The van der Waals surface area contributed by atoms with Crippen molar-refractivity contribution in [3.63, 3.8) is 0 Å². The summed E-state index contributed by atoms with van der Waals surface area (Å²) < 4.78 is 0. The molecule has 0 unspecified atom stereocenters. The van der Waals surface area contributed by atoms with Crippen LogP contribution < -0.4 is 22.5 Å². The molecule has 11 heavy (non-hydrogen) atoms. The van der Waals surface area contributed by atoms with Gasteiger partial charge < -0.3 is 17.0 Å². The molecule has 1 rings (SSSR count). The number of hydrogen-bond acceptors (Lipinski definition) is 1. The van der Waals surface area contributed by atoms with Crippen LogP contribution in [-0.4, -0.2) is 7.11 Å². The fraction of sp³-hybridized carbons (Fsp3) is 0.250. The summed E-state index contributed by atoms with van der Waals surface area (Å²) in [6, 6.07) is 10.2. The largest absolute Gasteiger partial charge is 1.00 e. The summed E-state index contributed by atoms with van der Waals surface area (Å²) in [7, 11) is 1.67. The smallest absolute Gasteiger partial charge is 0.131 e. The van der Waals surface area contributed by atoms with Crippen molar-refractivity contribution in [2.45, 2.75) is 6.54 Å². The van der Waals surface area contributed by atoms with E-state index in [0.717, 1.165) is 6.54 Å². The minimum Gasteiger partial charge on any atom is -1.00 e. The second-order valence-electron chi connectivity index (χ2n) is 2.09. The minimum absolute atomic E-state index is 0. The molecule has 0 spiro atoms. The standard InChI is InChI=1S/C8H11NO.BrH/c1-10-9-7-8-5-3-2-4-6-8;/h2-6,9H,7H2,1H3;1H. The van der Waals surface area contributed by atoms with E-state index in [9.17, 15) is 0 Å². The Balaban J connectivity index is 0.000001000. The van der Waals surface area contributed by atoms with E-state index in [2.05, 4.69) is 12.1 Å². The predicted octanol–water partition coefficient (Wildman–Crippen LogP) is -2.68. The van der Waals surface area contributed by atoms with Crippen molar-refractivity contribution in [3.05, 3.63) is 35.9 Å². The average molecular weight is 218 g/mol. The maximum atomic E-state index is 4.82. The van der Waals surface area contributed by atoms with Gasteiger partial charge in [0.2, 0.25) is 0 Å². The van der Waals surface area contributed by atoms with Gasteiger partial charge in [0, 0.05) is 5.56 Å². The summed E-state index contributed by atoms with van der Waals surface area (Å²) in [5.41, 5.74) is 3.07. The van der Waals surface area contributed by atoms with Crippen molar-refractivity contribution in [2.24, 2.45) is 0 Å². The van der Waals surface area contributed by atoms with Crippen molar-refractivity contribution in [3.8, 4) is 0 Å². The molecule has 0 amide bonds. The van der Waals surface area contributed by atoms with Crippen LogP contribution in [0.2, 0.25) is 0 Å². The van der Waals surface area contributed by atoms with Crippen molar-refractivity contribution in [2.75, 3.05) is 7.11 Å². The lowest BCUT2D eigenvalue weighted by Crippen LogP contribution is -3.00. The first kappa shape index (κ1) is 10.6. The van der Waals surface area contributed by atoms with Crippen LogP contribution >= 0.6 is 0 Å². The van der Waals surface area contributed by atoms with E-state index in [1.54, 1.807) is 12.6 Å². The molecule has 0 saturated carbocycles. The van der Waals surface area contributed by atoms with Gasteiger partial charge in [-0.15, -0.1) is 0 Å². The third kappa shape index (κ3) is 4.14. The molecule has 2 N–H and O–H groups in total. The molecule has 0 radical (unpaired) electrons. The van der Waals surface area contributed by atoms with E-state index in [4.69, 9.17) is 4.84 Å². The van der Waals surface area contributed by atoms with Gasteiger partial charge in [0.1, 0.15) is 6.54 Å². The highest BCUT2D eigenvalue weighted by molar-refractivity contribution is 5.12. The Hall–Kier alpha value is -0.380. The van der Waals surface area contributed by atoms with Gasteiger partial charge in [0.15, 0.2) is 0 Å². The van der Waals surface area contributed by atoms with Crippen LogP contribution in [0.15, 0.2) is 30.3 Å². The normalized spacial score (nSPS) is 8.82. The summed E-state index contributed by atoms with van der Waals surface area (Å²) in [5.74, 6) is 0. The van der Waals surface area contributed by atoms with Crippen LogP contribution in [0, 0.1) is 0 Å². The lowest BCUT2D eigenvalue weighted by atomic mass is 10.2. The molecule has 0 saturated heterocycles. The minimum atomic E-state index is 0. The monoisotopic (exact) mass is 217 g/mol. The van der Waals surface area contributed by atoms with Gasteiger partial charge >= 0.3 is 0 Å². The molecule has 62 valence electrons. The Bertz CT molecular complexity index is 179. The predicted molar refractivity (Wildman–Crippen MR) is 39.1 cm³/mol. The van der Waals surface area contributed by atoms with Gasteiger partial charge in [-0.3, -0.25) is 0 Å². The maximum Gasteiger partial charge on any atom is 0.131 e. The van der Waals surface area contributed by atoms with Crippen LogP contribution in [0.5, 0.6) is 0 Å². The van der Waals surface area contributed by atoms with Gasteiger partial charge in [-0.05, 0) is 0 Å². The number of hydroxylamine groups is 1. The molecule has 0 fully saturated rings. The SMILES string of the molecule is CO[NH2+]Cc1ccccc1.[Br-]. The van der Waals surface area contributed by atoms with Gasteiger partial charge in [-0.25, -0.2) is 4.84 Å². The zero-order valence-corrected chi connectivity index (χ0v) is 8.04.